The Morgan fingerprint density at radius 3 is 2.70 bits per heavy atom. The highest BCUT2D eigenvalue weighted by molar-refractivity contribution is 4.82. The maximum atomic E-state index is 5.16. The van der Waals surface area contributed by atoms with Gasteiger partial charge in [-0.25, -0.2) is 0 Å². The maximum absolute atomic E-state index is 5.16. The Kier molecular flexibility index (Phi) is 6.25. The van der Waals surface area contributed by atoms with Crippen LogP contribution in [-0.2, 0) is 9.47 Å². The van der Waals surface area contributed by atoms with Gasteiger partial charge in [0.25, 0.3) is 0 Å². The monoisotopic (exact) mass is 142 g/mol. The van der Waals surface area contributed by atoms with Crippen molar-refractivity contribution in [3.05, 3.63) is 0 Å². The van der Waals surface area contributed by atoms with Crippen LogP contribution in [0.25, 0.3) is 0 Å². The van der Waals surface area contributed by atoms with Crippen LogP contribution >= 0.6 is 0 Å². The molecule has 0 aromatic heterocycles. The van der Waals surface area contributed by atoms with Crippen molar-refractivity contribution in [1.82, 2.24) is 0 Å². The van der Waals surface area contributed by atoms with Crippen molar-refractivity contribution in [3.8, 4) is 12.3 Å². The Balaban J connectivity index is 3.06. The molecule has 0 aliphatic heterocycles. The molecule has 0 saturated heterocycles. The molecular weight excluding hydrogens is 128 g/mol. The van der Waals surface area contributed by atoms with Crippen LogP contribution in [0.4, 0.5) is 0 Å². The van der Waals surface area contributed by atoms with Crippen LogP contribution in [0, 0.1) is 12.3 Å². The zero-order chi connectivity index (χ0) is 7.82. The predicted molar refractivity (Wildman–Crippen MR) is 40.5 cm³/mol. The van der Waals surface area contributed by atoms with Crippen LogP contribution in [0.1, 0.15) is 20.3 Å². The van der Waals surface area contributed by atoms with Crippen LogP contribution in [0.5, 0.6) is 0 Å². The summed E-state index contributed by atoms with van der Waals surface area (Å²) in [6.07, 6.45) is 5.54. The molecule has 2 nitrogen and oxygen atoms in total. The Morgan fingerprint density at radius 1 is 1.50 bits per heavy atom. The molecule has 0 bridgehead atoms. The normalized spacial score (nSPS) is 12.5. The molecule has 58 valence electrons. The number of ether oxygens (including phenoxy) is 2. The fraction of sp³-hybridized carbons (Fsp3) is 0.750. The summed E-state index contributed by atoms with van der Waals surface area (Å²) < 4.78 is 10.3. The van der Waals surface area contributed by atoms with Gasteiger partial charge in [0.15, 0.2) is 6.29 Å². The molecule has 0 aliphatic carbocycles. The second-order valence-electron chi connectivity index (χ2n) is 1.85. The van der Waals surface area contributed by atoms with Crippen molar-refractivity contribution in [3.63, 3.8) is 0 Å². The highest BCUT2D eigenvalue weighted by Gasteiger charge is 1.97. The Hall–Kier alpha value is -0.520. The van der Waals surface area contributed by atoms with Gasteiger partial charge in [-0.05, 0) is 13.8 Å². The van der Waals surface area contributed by atoms with E-state index in [9.17, 15) is 0 Å². The second-order valence-corrected chi connectivity index (χ2v) is 1.85. The number of rotatable bonds is 5. The summed E-state index contributed by atoms with van der Waals surface area (Å²) in [7, 11) is 0. The smallest absolute Gasteiger partial charge is 0.154 e. The molecular formula is C8H14O2. The first-order valence-electron chi connectivity index (χ1n) is 3.48. The van der Waals surface area contributed by atoms with Gasteiger partial charge < -0.3 is 9.47 Å². The quantitative estimate of drug-likeness (QED) is 0.328. The summed E-state index contributed by atoms with van der Waals surface area (Å²) >= 11 is 0. The van der Waals surface area contributed by atoms with Gasteiger partial charge in [-0.15, -0.1) is 12.3 Å². The molecule has 0 fully saturated rings. The lowest BCUT2D eigenvalue weighted by molar-refractivity contribution is -0.125. The van der Waals surface area contributed by atoms with Gasteiger partial charge in [0, 0.05) is 13.0 Å². The lowest BCUT2D eigenvalue weighted by Crippen LogP contribution is -2.13. The molecule has 0 aromatic carbocycles. The zero-order valence-electron chi connectivity index (χ0n) is 6.59. The van der Waals surface area contributed by atoms with E-state index < -0.39 is 0 Å². The molecule has 0 rings (SSSR count). The standard InChI is InChI=1S/C8H14O2/c1-4-6-7-10-8(3)9-5-2/h1,8H,5-7H2,2-3H3/t8-/m1/s1. The van der Waals surface area contributed by atoms with Crippen LogP contribution in [0.15, 0.2) is 0 Å². The predicted octanol–water partition coefficient (Wildman–Crippen LogP) is 1.41. The second kappa shape index (κ2) is 6.60. The fourth-order valence-corrected chi connectivity index (χ4v) is 0.567. The average molecular weight is 142 g/mol. The lowest BCUT2D eigenvalue weighted by Gasteiger charge is -2.10. The summed E-state index contributed by atoms with van der Waals surface area (Å²) in [6.45, 7) is 5.05. The SMILES string of the molecule is C#CCCO[C@H](C)OCC. The van der Waals surface area contributed by atoms with Crippen LogP contribution in [0.2, 0.25) is 0 Å². The summed E-state index contributed by atoms with van der Waals surface area (Å²) in [4.78, 5) is 0. The summed E-state index contributed by atoms with van der Waals surface area (Å²) in [5.41, 5.74) is 0. The van der Waals surface area contributed by atoms with Gasteiger partial charge in [0.05, 0.1) is 6.61 Å². The minimum atomic E-state index is -0.127. The molecule has 0 amide bonds. The third-order valence-electron chi connectivity index (χ3n) is 1.00. The van der Waals surface area contributed by atoms with E-state index in [4.69, 9.17) is 15.9 Å². The minimum Gasteiger partial charge on any atom is -0.353 e. The van der Waals surface area contributed by atoms with E-state index in [1.165, 1.54) is 0 Å². The highest BCUT2D eigenvalue weighted by atomic mass is 16.7. The van der Waals surface area contributed by atoms with Crippen molar-refractivity contribution in [1.29, 1.82) is 0 Å². The Morgan fingerprint density at radius 2 is 2.20 bits per heavy atom. The van der Waals surface area contributed by atoms with E-state index in [0.717, 1.165) is 0 Å². The Labute approximate surface area is 62.5 Å². The third kappa shape index (κ3) is 5.61. The molecule has 2 heteroatoms. The van der Waals surface area contributed by atoms with E-state index in [1.54, 1.807) is 0 Å². The highest BCUT2D eigenvalue weighted by Crippen LogP contribution is 1.93. The van der Waals surface area contributed by atoms with E-state index in [0.29, 0.717) is 19.6 Å². The summed E-state index contributed by atoms with van der Waals surface area (Å²) in [6, 6.07) is 0. The summed E-state index contributed by atoms with van der Waals surface area (Å²) in [5, 5.41) is 0. The molecule has 0 saturated carbocycles. The molecule has 0 radical (unpaired) electrons. The fourth-order valence-electron chi connectivity index (χ4n) is 0.567. The number of hydrogen-bond acceptors (Lipinski definition) is 2. The van der Waals surface area contributed by atoms with Gasteiger partial charge in [0.1, 0.15) is 0 Å². The van der Waals surface area contributed by atoms with Crippen molar-refractivity contribution in [2.45, 2.75) is 26.6 Å². The average Bonchev–Trinajstić information content (AvgIpc) is 1.89. The van der Waals surface area contributed by atoms with E-state index in [1.807, 2.05) is 13.8 Å². The van der Waals surface area contributed by atoms with Crippen molar-refractivity contribution in [2.24, 2.45) is 0 Å². The first-order chi connectivity index (χ1) is 4.81. The van der Waals surface area contributed by atoms with Gasteiger partial charge in [0.2, 0.25) is 0 Å². The molecule has 0 heterocycles. The topological polar surface area (TPSA) is 18.5 Å². The molecule has 0 unspecified atom stereocenters. The number of terminal acetylenes is 1. The van der Waals surface area contributed by atoms with Crippen molar-refractivity contribution >= 4 is 0 Å². The molecule has 0 aliphatic rings. The Bertz CT molecular complexity index is 104. The van der Waals surface area contributed by atoms with Gasteiger partial charge in [-0.3, -0.25) is 0 Å². The van der Waals surface area contributed by atoms with E-state index >= 15 is 0 Å². The molecule has 1 atom stereocenters. The number of hydrogen-bond donors (Lipinski definition) is 0. The van der Waals surface area contributed by atoms with E-state index in [-0.39, 0.29) is 6.29 Å². The van der Waals surface area contributed by atoms with Gasteiger partial charge in [-0.2, -0.15) is 0 Å². The van der Waals surface area contributed by atoms with Gasteiger partial charge in [-0.1, -0.05) is 0 Å². The van der Waals surface area contributed by atoms with E-state index in [2.05, 4.69) is 5.92 Å². The molecule has 0 spiro atoms. The molecule has 0 aromatic rings. The van der Waals surface area contributed by atoms with Crippen LogP contribution in [-0.4, -0.2) is 19.5 Å². The van der Waals surface area contributed by atoms with Crippen molar-refractivity contribution < 1.29 is 9.47 Å². The summed E-state index contributed by atoms with van der Waals surface area (Å²) in [5.74, 6) is 2.48. The first kappa shape index (κ1) is 9.48. The first-order valence-corrected chi connectivity index (χ1v) is 3.48. The molecule has 10 heavy (non-hydrogen) atoms. The van der Waals surface area contributed by atoms with Crippen molar-refractivity contribution in [2.75, 3.05) is 13.2 Å². The minimum absolute atomic E-state index is 0.127. The third-order valence-corrected chi connectivity index (χ3v) is 1.00. The molecule has 0 N–H and O–H groups in total. The van der Waals surface area contributed by atoms with Crippen LogP contribution in [0.3, 0.4) is 0 Å². The largest absolute Gasteiger partial charge is 0.353 e. The zero-order valence-corrected chi connectivity index (χ0v) is 6.59. The maximum Gasteiger partial charge on any atom is 0.154 e. The lowest BCUT2D eigenvalue weighted by atomic mass is 10.5. The van der Waals surface area contributed by atoms with Gasteiger partial charge >= 0.3 is 0 Å². The van der Waals surface area contributed by atoms with Crippen LogP contribution < -0.4 is 0 Å².